The van der Waals surface area contributed by atoms with Crippen molar-refractivity contribution >= 4 is 15.9 Å². The van der Waals surface area contributed by atoms with E-state index >= 15 is 0 Å². The lowest BCUT2D eigenvalue weighted by Gasteiger charge is -2.29. The van der Waals surface area contributed by atoms with Crippen LogP contribution in [0.15, 0.2) is 45.9 Å². The van der Waals surface area contributed by atoms with E-state index in [9.17, 15) is 26.4 Å². The summed E-state index contributed by atoms with van der Waals surface area (Å²) in [4.78, 5) is 14.7. The number of benzene rings is 1. The zero-order valence-electron chi connectivity index (χ0n) is 17.6. The second kappa shape index (κ2) is 8.55. The lowest BCUT2D eigenvalue weighted by molar-refractivity contribution is -0.137. The van der Waals surface area contributed by atoms with Crippen molar-refractivity contribution in [1.82, 2.24) is 9.21 Å². The Morgan fingerprint density at radius 2 is 1.81 bits per heavy atom. The summed E-state index contributed by atoms with van der Waals surface area (Å²) >= 11 is 0. The molecule has 1 aromatic carbocycles. The Bertz CT molecular complexity index is 1090. The number of amides is 1. The molecule has 32 heavy (non-hydrogen) atoms. The van der Waals surface area contributed by atoms with Gasteiger partial charge in [0, 0.05) is 19.1 Å². The number of halogens is 3. The van der Waals surface area contributed by atoms with Crippen molar-refractivity contribution in [2.45, 2.75) is 62.4 Å². The van der Waals surface area contributed by atoms with Gasteiger partial charge in [0.15, 0.2) is 5.76 Å². The molecular weight excluding hydrogens is 445 g/mol. The van der Waals surface area contributed by atoms with Gasteiger partial charge in [-0.05, 0) is 62.4 Å². The van der Waals surface area contributed by atoms with E-state index in [0.717, 1.165) is 44.2 Å². The van der Waals surface area contributed by atoms with Crippen molar-refractivity contribution in [3.8, 4) is 0 Å². The summed E-state index contributed by atoms with van der Waals surface area (Å²) in [6.45, 7) is 2.49. The minimum absolute atomic E-state index is 0.126. The smallest absolute Gasteiger partial charge is 0.416 e. The topological polar surface area (TPSA) is 70.8 Å². The summed E-state index contributed by atoms with van der Waals surface area (Å²) in [6.07, 6.45) is -0.505. The van der Waals surface area contributed by atoms with E-state index in [4.69, 9.17) is 4.42 Å². The molecule has 2 aliphatic rings. The zero-order valence-corrected chi connectivity index (χ0v) is 18.5. The predicted molar refractivity (Wildman–Crippen MR) is 110 cm³/mol. The molecule has 6 nitrogen and oxygen atoms in total. The maximum Gasteiger partial charge on any atom is 0.416 e. The van der Waals surface area contributed by atoms with Crippen LogP contribution >= 0.6 is 0 Å². The minimum Gasteiger partial charge on any atom is -0.438 e. The van der Waals surface area contributed by atoms with E-state index in [-0.39, 0.29) is 16.9 Å². The highest BCUT2D eigenvalue weighted by atomic mass is 32.2. The van der Waals surface area contributed by atoms with E-state index in [1.54, 1.807) is 13.0 Å². The molecule has 0 bridgehead atoms. The van der Waals surface area contributed by atoms with Crippen molar-refractivity contribution in [3.05, 3.63) is 53.3 Å². The van der Waals surface area contributed by atoms with Crippen LogP contribution in [0.2, 0.25) is 0 Å². The van der Waals surface area contributed by atoms with Crippen LogP contribution in [0.4, 0.5) is 13.2 Å². The van der Waals surface area contributed by atoms with Gasteiger partial charge in [-0.25, -0.2) is 8.42 Å². The molecule has 0 N–H and O–H groups in total. The van der Waals surface area contributed by atoms with Gasteiger partial charge in [-0.2, -0.15) is 17.5 Å². The van der Waals surface area contributed by atoms with Crippen molar-refractivity contribution in [3.63, 3.8) is 0 Å². The van der Waals surface area contributed by atoms with E-state index < -0.39 is 33.7 Å². The number of piperidine rings is 1. The molecule has 1 atom stereocenters. The monoisotopic (exact) mass is 470 g/mol. The molecule has 1 aromatic heterocycles. The van der Waals surface area contributed by atoms with Gasteiger partial charge in [-0.15, -0.1) is 0 Å². The second-order valence-electron chi connectivity index (χ2n) is 8.33. The van der Waals surface area contributed by atoms with E-state index in [1.165, 1.54) is 27.4 Å². The highest BCUT2D eigenvalue weighted by molar-refractivity contribution is 7.89. The third kappa shape index (κ3) is 4.56. The molecule has 2 aromatic rings. The predicted octanol–water partition coefficient (Wildman–Crippen LogP) is 4.84. The first-order valence-electron chi connectivity index (χ1n) is 10.7. The van der Waals surface area contributed by atoms with Crippen molar-refractivity contribution in [2.75, 3.05) is 13.1 Å². The number of furan rings is 1. The van der Waals surface area contributed by atoms with Gasteiger partial charge in [0.05, 0.1) is 11.6 Å². The third-order valence-electron chi connectivity index (χ3n) is 5.99. The lowest BCUT2D eigenvalue weighted by Crippen LogP contribution is -2.36. The van der Waals surface area contributed by atoms with Crippen LogP contribution < -0.4 is 0 Å². The SMILES string of the molecule is CC(c1cccc(C(F)(F)F)c1)N(C(=O)c1ccc(S(=O)(=O)N2CCCCC2)o1)C1CC1. The molecule has 1 aliphatic heterocycles. The Hall–Kier alpha value is -2.33. The first-order valence-corrected chi connectivity index (χ1v) is 12.1. The molecule has 174 valence electrons. The van der Waals surface area contributed by atoms with Crippen LogP contribution in [0.3, 0.4) is 0 Å². The van der Waals surface area contributed by atoms with E-state index in [1.807, 2.05) is 0 Å². The Balaban J connectivity index is 1.59. The van der Waals surface area contributed by atoms with Gasteiger partial charge in [0.2, 0.25) is 5.09 Å². The zero-order chi connectivity index (χ0) is 23.1. The van der Waals surface area contributed by atoms with Crippen LogP contribution in [0, 0.1) is 0 Å². The molecule has 1 saturated heterocycles. The molecule has 1 amide bonds. The molecule has 0 spiro atoms. The van der Waals surface area contributed by atoms with Gasteiger partial charge < -0.3 is 9.32 Å². The standard InChI is InChI=1S/C22H25F3N2O4S/c1-15(16-6-5-7-17(14-16)22(23,24)25)27(18-8-9-18)21(28)19-10-11-20(31-19)32(29,30)26-12-3-2-4-13-26/h5-7,10-11,14-15,18H,2-4,8-9,12-13H2,1H3. The molecule has 4 rings (SSSR count). The van der Waals surface area contributed by atoms with Gasteiger partial charge >= 0.3 is 6.18 Å². The van der Waals surface area contributed by atoms with Gasteiger partial charge in [0.1, 0.15) is 0 Å². The molecule has 1 unspecified atom stereocenters. The summed E-state index contributed by atoms with van der Waals surface area (Å²) in [6, 6.07) is 6.75. The first kappa shape index (κ1) is 22.8. The van der Waals surface area contributed by atoms with Crippen LogP contribution in [0.25, 0.3) is 0 Å². The number of alkyl halides is 3. The van der Waals surface area contributed by atoms with E-state index in [2.05, 4.69) is 0 Å². The number of nitrogens with zero attached hydrogens (tertiary/aromatic N) is 2. The number of carbonyl (C=O) groups excluding carboxylic acids is 1. The molecule has 1 aliphatic carbocycles. The van der Waals surface area contributed by atoms with Gasteiger partial charge in [-0.1, -0.05) is 18.6 Å². The highest BCUT2D eigenvalue weighted by Gasteiger charge is 2.39. The normalized spacial score (nSPS) is 19.0. The fraction of sp³-hybridized carbons (Fsp3) is 0.500. The molecule has 2 heterocycles. The van der Waals surface area contributed by atoms with E-state index in [0.29, 0.717) is 18.7 Å². The molecule has 0 radical (unpaired) electrons. The fourth-order valence-electron chi connectivity index (χ4n) is 4.08. The molecular formula is C22H25F3N2O4S. The van der Waals surface area contributed by atoms with Crippen LogP contribution in [0.1, 0.15) is 66.8 Å². The highest BCUT2D eigenvalue weighted by Crippen LogP contribution is 2.38. The lowest BCUT2D eigenvalue weighted by atomic mass is 10.0. The largest absolute Gasteiger partial charge is 0.438 e. The van der Waals surface area contributed by atoms with Crippen molar-refractivity contribution in [1.29, 1.82) is 0 Å². The van der Waals surface area contributed by atoms with Crippen molar-refractivity contribution in [2.24, 2.45) is 0 Å². The fourth-order valence-corrected chi connectivity index (χ4v) is 5.51. The Morgan fingerprint density at radius 3 is 2.44 bits per heavy atom. The van der Waals surface area contributed by atoms with Crippen LogP contribution in [-0.2, 0) is 16.2 Å². The molecule has 10 heteroatoms. The second-order valence-corrected chi connectivity index (χ2v) is 10.2. The molecule has 2 fully saturated rings. The molecule has 1 saturated carbocycles. The quantitative estimate of drug-likeness (QED) is 0.606. The number of hydrogen-bond acceptors (Lipinski definition) is 4. The average Bonchev–Trinajstić information content (AvgIpc) is 3.46. The van der Waals surface area contributed by atoms with Crippen molar-refractivity contribution < 1.29 is 30.8 Å². The minimum atomic E-state index is -4.48. The average molecular weight is 471 g/mol. The maximum atomic E-state index is 13.2. The summed E-state index contributed by atoms with van der Waals surface area (Å²) in [5, 5.41) is -0.287. The van der Waals surface area contributed by atoms with Gasteiger partial charge in [0.25, 0.3) is 15.9 Å². The summed E-state index contributed by atoms with van der Waals surface area (Å²) in [7, 11) is -3.83. The summed E-state index contributed by atoms with van der Waals surface area (Å²) in [5.74, 6) is -0.663. The maximum absolute atomic E-state index is 13.2. The Morgan fingerprint density at radius 1 is 1.12 bits per heavy atom. The number of rotatable bonds is 6. The first-order chi connectivity index (χ1) is 15.1. The third-order valence-corrected chi connectivity index (χ3v) is 7.76. The Kier molecular flexibility index (Phi) is 6.10. The summed E-state index contributed by atoms with van der Waals surface area (Å²) < 4.78 is 71.9. The number of sulfonamides is 1. The summed E-state index contributed by atoms with van der Waals surface area (Å²) in [5.41, 5.74) is -0.425. The van der Waals surface area contributed by atoms with Crippen LogP contribution in [0.5, 0.6) is 0 Å². The Labute approximate surface area is 185 Å². The number of hydrogen-bond donors (Lipinski definition) is 0. The van der Waals surface area contributed by atoms with Crippen LogP contribution in [-0.4, -0.2) is 42.7 Å². The van der Waals surface area contributed by atoms with Gasteiger partial charge in [-0.3, -0.25) is 4.79 Å². The number of carbonyl (C=O) groups is 1.